The molecule has 0 radical (unpaired) electrons. The van der Waals surface area contributed by atoms with Gasteiger partial charge < -0.3 is 23.3 Å². The second-order valence-electron chi connectivity index (χ2n) is 14.3. The van der Waals surface area contributed by atoms with Crippen LogP contribution in [0.5, 0.6) is 0 Å². The number of hydrogen-bond donors (Lipinski definition) is 1. The predicted molar refractivity (Wildman–Crippen MR) is 188 cm³/mol. The van der Waals surface area contributed by atoms with Gasteiger partial charge in [0.2, 0.25) is 0 Å². The number of halogens is 3. The first-order valence-electron chi connectivity index (χ1n) is 15.2. The van der Waals surface area contributed by atoms with Crippen LogP contribution in [0.15, 0.2) is 47.9 Å². The van der Waals surface area contributed by atoms with Crippen molar-refractivity contribution < 1.29 is 36.0 Å². The van der Waals surface area contributed by atoms with Crippen molar-refractivity contribution in [2.75, 3.05) is 6.26 Å². The van der Waals surface area contributed by atoms with Gasteiger partial charge in [0, 0.05) is 28.1 Å². The number of benzene rings is 1. The molecule has 0 saturated carbocycles. The van der Waals surface area contributed by atoms with Gasteiger partial charge in [-0.2, -0.15) is 13.2 Å². The molecular weight excluding hydrogens is 688 g/mol. The number of aromatic nitrogens is 2. The molecule has 1 aromatic carbocycles. The fraction of sp³-hybridized carbons (Fsp3) is 0.633. The topological polar surface area (TPSA) is 91.8 Å². The number of thioether (sulfide) groups is 2. The van der Waals surface area contributed by atoms with Gasteiger partial charge in [-0.05, 0) is 82.9 Å². The molecule has 16 heteroatoms. The fourth-order valence-corrected chi connectivity index (χ4v) is 10.2. The molecule has 1 saturated heterocycles. The summed E-state index contributed by atoms with van der Waals surface area (Å²) < 4.78 is 68.4. The van der Waals surface area contributed by atoms with E-state index in [9.17, 15) is 18.0 Å². The molecule has 1 aromatic heterocycles. The molecule has 1 N–H and O–H groups in total. The molecule has 1 fully saturated rings. The van der Waals surface area contributed by atoms with Gasteiger partial charge in [0.1, 0.15) is 36.2 Å². The predicted octanol–water partition coefficient (Wildman–Crippen LogP) is 7.42. The minimum Gasteiger partial charge on any atom is -0.409 e. The Morgan fingerprint density at radius 1 is 0.848 bits per heavy atom. The normalized spacial score (nSPS) is 24.3. The van der Waals surface area contributed by atoms with Gasteiger partial charge >= 0.3 is 12.1 Å². The van der Waals surface area contributed by atoms with Crippen LogP contribution in [0.3, 0.4) is 0 Å². The zero-order chi connectivity index (χ0) is 34.7. The number of hydrogen-bond acceptors (Lipinski definition) is 9. The van der Waals surface area contributed by atoms with Crippen molar-refractivity contribution in [1.82, 2.24) is 15.3 Å². The molecular formula is C30H48F3N3O5S2Si3. The van der Waals surface area contributed by atoms with Gasteiger partial charge in [-0.1, -0.05) is 19.1 Å². The monoisotopic (exact) mass is 735 g/mol. The van der Waals surface area contributed by atoms with Crippen LogP contribution in [-0.4, -0.2) is 94.4 Å². The van der Waals surface area contributed by atoms with Crippen LogP contribution in [-0.2, 0) is 22.8 Å². The fourth-order valence-electron chi connectivity index (χ4n) is 5.09. The largest absolute Gasteiger partial charge is 0.471 e. The van der Waals surface area contributed by atoms with Crippen LogP contribution < -0.4 is 5.32 Å². The number of rotatable bonds is 13. The van der Waals surface area contributed by atoms with Crippen molar-refractivity contribution in [3.05, 3.63) is 43.0 Å². The summed E-state index contributed by atoms with van der Waals surface area (Å²) >= 11 is 2.77. The number of nitrogens with zero attached hydrogens (tertiary/aromatic N) is 2. The highest BCUT2D eigenvalue weighted by Gasteiger charge is 2.55. The lowest BCUT2D eigenvalue weighted by Crippen LogP contribution is -2.69. The maximum absolute atomic E-state index is 13.8. The van der Waals surface area contributed by atoms with E-state index in [0.29, 0.717) is 0 Å². The highest BCUT2D eigenvalue weighted by molar-refractivity contribution is 8.00. The quantitative estimate of drug-likeness (QED) is 0.167. The summed E-state index contributed by atoms with van der Waals surface area (Å²) in [5, 5.41) is 1.76. The maximum Gasteiger partial charge on any atom is 0.471 e. The van der Waals surface area contributed by atoms with E-state index in [-0.39, 0.29) is 0 Å². The molecule has 8 nitrogen and oxygen atoms in total. The van der Waals surface area contributed by atoms with Crippen LogP contribution in [0.2, 0.25) is 58.9 Å². The third-order valence-electron chi connectivity index (χ3n) is 6.72. The number of ether oxygens (including phenoxy) is 1. The van der Waals surface area contributed by atoms with Crippen LogP contribution >= 0.6 is 23.5 Å². The Bertz CT molecular complexity index is 1280. The van der Waals surface area contributed by atoms with Gasteiger partial charge in [-0.3, -0.25) is 4.79 Å². The van der Waals surface area contributed by atoms with Crippen LogP contribution in [0.1, 0.15) is 6.92 Å². The smallest absolute Gasteiger partial charge is 0.409 e. The highest BCUT2D eigenvalue weighted by atomic mass is 32.2. The summed E-state index contributed by atoms with van der Waals surface area (Å²) in [4.78, 5) is 21.5. The molecule has 0 spiro atoms. The van der Waals surface area contributed by atoms with Gasteiger partial charge in [0.15, 0.2) is 25.0 Å². The summed E-state index contributed by atoms with van der Waals surface area (Å²) in [6.07, 6.45) is -1.20. The molecule has 2 aromatic rings. The van der Waals surface area contributed by atoms with Crippen molar-refractivity contribution >= 4 is 54.4 Å². The lowest BCUT2D eigenvalue weighted by Gasteiger charge is -2.52. The van der Waals surface area contributed by atoms with Crippen molar-refractivity contribution in [3.63, 3.8) is 0 Å². The van der Waals surface area contributed by atoms with Gasteiger partial charge in [0.25, 0.3) is 0 Å². The average molecular weight is 736 g/mol. The summed E-state index contributed by atoms with van der Waals surface area (Å²) in [7, 11) is -6.73. The molecule has 2 heterocycles. The zero-order valence-corrected chi connectivity index (χ0v) is 33.1. The van der Waals surface area contributed by atoms with Gasteiger partial charge in [-0.25, -0.2) is 9.97 Å². The Kier molecular flexibility index (Phi) is 13.2. The highest BCUT2D eigenvalue weighted by Crippen LogP contribution is 2.40. The standard InChI is InChI=1S/C30H48F3N3O5S2Si3/c1-19(43-22-14-12-20(13-15-22)21-16-34-18-35-17-21)23(36-29(37)30(31,32)33)24-25(39-44(3,4)5)26(40-45(6,7)8)27(28(38-24)42-2)41-46(9,10)11/h12-19,23-28H,1-11H3,(H,36,37)/t19-,23+,24+,25?,26?,27+,28?/m0/s1. The van der Waals surface area contributed by atoms with E-state index in [2.05, 4.69) is 54.6 Å². The Morgan fingerprint density at radius 3 is 1.83 bits per heavy atom. The number of amides is 1. The molecule has 46 heavy (non-hydrogen) atoms. The molecule has 1 aliphatic rings. The Hall–Kier alpha value is -1.25. The van der Waals surface area contributed by atoms with Crippen molar-refractivity contribution in [2.24, 2.45) is 0 Å². The second-order valence-corrected chi connectivity index (χ2v) is 30.0. The summed E-state index contributed by atoms with van der Waals surface area (Å²) in [5.74, 6) is -2.02. The molecule has 258 valence electrons. The summed E-state index contributed by atoms with van der Waals surface area (Å²) in [6.45, 7) is 20.3. The van der Waals surface area contributed by atoms with E-state index in [1.165, 1.54) is 29.9 Å². The first-order chi connectivity index (χ1) is 21.1. The molecule has 0 aliphatic carbocycles. The molecule has 0 bridgehead atoms. The summed E-state index contributed by atoms with van der Waals surface area (Å²) in [6, 6.07) is 6.52. The maximum atomic E-state index is 13.8. The van der Waals surface area contributed by atoms with Crippen molar-refractivity contribution in [2.45, 2.75) is 118 Å². The molecule has 1 amide bonds. The molecule has 1 aliphatic heterocycles. The second kappa shape index (κ2) is 15.5. The van der Waals surface area contributed by atoms with Crippen molar-refractivity contribution in [1.29, 1.82) is 0 Å². The first-order valence-corrected chi connectivity index (χ1v) is 27.6. The van der Waals surface area contributed by atoms with E-state index in [1.54, 1.807) is 19.3 Å². The Balaban J connectivity index is 2.09. The molecule has 3 rings (SSSR count). The van der Waals surface area contributed by atoms with E-state index in [4.69, 9.17) is 18.0 Å². The number of carbonyl (C=O) groups is 1. The van der Waals surface area contributed by atoms with Crippen LogP contribution in [0, 0.1) is 0 Å². The SMILES string of the molecule is CSC1O[C@H]([C@H](NC(=O)C(F)(F)F)[C@H](C)Sc2ccc(-c3cncnc3)cc2)C(O[Si](C)(C)C)C(O[Si](C)(C)C)[C@H]1O[Si](C)(C)C. The summed E-state index contributed by atoms with van der Waals surface area (Å²) in [5.41, 5.74) is 1.19. The number of carbonyl (C=O) groups excluding carboxylic acids is 1. The Labute approximate surface area is 283 Å². The average Bonchev–Trinajstić information content (AvgIpc) is 2.92. The van der Waals surface area contributed by atoms with Gasteiger partial charge in [-0.15, -0.1) is 23.5 Å². The van der Waals surface area contributed by atoms with E-state index < -0.39 is 78.2 Å². The van der Waals surface area contributed by atoms with Crippen molar-refractivity contribution in [3.8, 4) is 11.1 Å². The number of alkyl halides is 3. The third kappa shape index (κ3) is 11.7. The minimum absolute atomic E-state index is 0.512. The molecule has 3 unspecified atom stereocenters. The van der Waals surface area contributed by atoms with E-state index in [0.717, 1.165) is 16.0 Å². The first kappa shape index (κ1) is 39.2. The third-order valence-corrected chi connectivity index (χ3v) is 11.7. The molecule has 7 atom stereocenters. The van der Waals surface area contributed by atoms with Crippen LogP contribution in [0.4, 0.5) is 13.2 Å². The van der Waals surface area contributed by atoms with E-state index in [1.807, 2.05) is 50.2 Å². The zero-order valence-electron chi connectivity index (χ0n) is 28.5. The lowest BCUT2D eigenvalue weighted by molar-refractivity contribution is -0.195. The Morgan fingerprint density at radius 2 is 1.35 bits per heavy atom. The number of nitrogens with one attached hydrogen (secondary N) is 1. The van der Waals surface area contributed by atoms with Crippen LogP contribution in [0.25, 0.3) is 11.1 Å². The minimum atomic E-state index is -5.08. The lowest BCUT2D eigenvalue weighted by atomic mass is 9.93. The van der Waals surface area contributed by atoms with E-state index >= 15 is 0 Å². The van der Waals surface area contributed by atoms with Gasteiger partial charge in [0.05, 0.1) is 6.04 Å².